The third-order valence-electron chi connectivity index (χ3n) is 5.24. The first-order valence-electron chi connectivity index (χ1n) is 12.0. The zero-order chi connectivity index (χ0) is 28.2. The number of halogens is 1. The Labute approximate surface area is 232 Å². The highest BCUT2D eigenvalue weighted by molar-refractivity contribution is 6.31. The number of carbonyl (C=O) groups is 2. The molecule has 204 valence electrons. The molecule has 0 spiro atoms. The molecule has 0 atom stereocenters. The van der Waals surface area contributed by atoms with Gasteiger partial charge in [-0.25, -0.2) is 5.43 Å². The fourth-order valence-corrected chi connectivity index (χ4v) is 3.49. The van der Waals surface area contributed by atoms with E-state index in [0.29, 0.717) is 58.0 Å². The van der Waals surface area contributed by atoms with Crippen LogP contribution in [-0.4, -0.2) is 45.0 Å². The lowest BCUT2D eigenvalue weighted by molar-refractivity contribution is -0.118. The summed E-state index contributed by atoms with van der Waals surface area (Å²) >= 11 is 6.10. The van der Waals surface area contributed by atoms with Crippen molar-refractivity contribution in [1.29, 1.82) is 0 Å². The fourth-order valence-electron chi connectivity index (χ4n) is 3.31. The third kappa shape index (κ3) is 8.51. The highest BCUT2D eigenvalue weighted by Gasteiger charge is 2.12. The number of aryl methyl sites for hydroxylation is 1. The van der Waals surface area contributed by atoms with Gasteiger partial charge in [0.25, 0.3) is 11.8 Å². The van der Waals surface area contributed by atoms with E-state index < -0.39 is 5.91 Å². The van der Waals surface area contributed by atoms with Gasteiger partial charge < -0.3 is 24.3 Å². The van der Waals surface area contributed by atoms with E-state index in [1.807, 2.05) is 19.9 Å². The Bertz CT molecular complexity index is 1360. The molecule has 3 aromatic carbocycles. The minimum absolute atomic E-state index is 0.230. The predicted octanol–water partition coefficient (Wildman–Crippen LogP) is 5.40. The van der Waals surface area contributed by atoms with E-state index in [9.17, 15) is 9.59 Å². The number of hydrazone groups is 1. The lowest BCUT2D eigenvalue weighted by Gasteiger charge is -2.12. The van der Waals surface area contributed by atoms with Gasteiger partial charge in [0.2, 0.25) is 0 Å². The first kappa shape index (κ1) is 29.1. The number of methoxy groups -OCH3 is 1. The van der Waals surface area contributed by atoms with Crippen molar-refractivity contribution in [2.75, 3.05) is 32.2 Å². The molecule has 3 aromatic rings. The maximum Gasteiger partial charge on any atom is 0.271 e. The molecule has 2 N–H and O–H groups in total. The van der Waals surface area contributed by atoms with Crippen molar-refractivity contribution in [3.8, 4) is 23.0 Å². The molecule has 0 aliphatic rings. The van der Waals surface area contributed by atoms with Gasteiger partial charge in [-0.05, 0) is 73.5 Å². The van der Waals surface area contributed by atoms with E-state index in [4.69, 9.17) is 30.5 Å². The molecule has 0 aliphatic heterocycles. The molecular formula is C29H30ClN3O6. The maximum atomic E-state index is 12.6. The van der Waals surface area contributed by atoms with E-state index in [1.54, 1.807) is 54.6 Å². The topological polar surface area (TPSA) is 107 Å². The Hall–Kier alpha value is -4.50. The summed E-state index contributed by atoms with van der Waals surface area (Å²) in [4.78, 5) is 24.9. The van der Waals surface area contributed by atoms with Gasteiger partial charge in [-0.3, -0.25) is 9.59 Å². The molecule has 0 bridgehead atoms. The van der Waals surface area contributed by atoms with Crippen molar-refractivity contribution in [3.05, 3.63) is 89.0 Å². The lowest BCUT2D eigenvalue weighted by atomic mass is 10.2. The van der Waals surface area contributed by atoms with Gasteiger partial charge in [-0.1, -0.05) is 30.3 Å². The number of amides is 2. The van der Waals surface area contributed by atoms with Crippen LogP contribution < -0.4 is 29.7 Å². The smallest absolute Gasteiger partial charge is 0.271 e. The standard InChI is InChI=1S/C29H30ClN3O6/c1-5-13-38-25-12-9-21(15-27(25)37-6-2)29(35)33-31-17-20-8-11-24(26(14-20)36-4)39-18-28(34)32-22-10-7-19(3)23(30)16-22/h5,7-12,14-17H,1,6,13,18H2,2-4H3,(H,32,34)(H,33,35)/b31-17+. The lowest BCUT2D eigenvalue weighted by Crippen LogP contribution is -2.20. The van der Waals surface area contributed by atoms with Gasteiger partial charge in [0.1, 0.15) is 6.61 Å². The number of hydrogen-bond donors (Lipinski definition) is 2. The number of ether oxygens (including phenoxy) is 4. The number of nitrogens with zero attached hydrogens (tertiary/aromatic N) is 1. The van der Waals surface area contributed by atoms with Gasteiger partial charge in [0, 0.05) is 16.3 Å². The van der Waals surface area contributed by atoms with Gasteiger partial charge in [-0.2, -0.15) is 5.10 Å². The number of nitrogens with one attached hydrogen (secondary N) is 2. The van der Waals surface area contributed by atoms with Gasteiger partial charge in [0.15, 0.2) is 29.6 Å². The van der Waals surface area contributed by atoms with Crippen LogP contribution in [0.3, 0.4) is 0 Å². The van der Waals surface area contributed by atoms with Gasteiger partial charge >= 0.3 is 0 Å². The van der Waals surface area contributed by atoms with Crippen molar-refractivity contribution in [2.24, 2.45) is 5.10 Å². The highest BCUT2D eigenvalue weighted by atomic mass is 35.5. The summed E-state index contributed by atoms with van der Waals surface area (Å²) in [5.41, 5.74) is 4.97. The summed E-state index contributed by atoms with van der Waals surface area (Å²) in [6.07, 6.45) is 3.09. The average molecular weight is 552 g/mol. The molecule has 2 amide bonds. The predicted molar refractivity (Wildman–Crippen MR) is 152 cm³/mol. The Morgan fingerprint density at radius 1 is 0.974 bits per heavy atom. The largest absolute Gasteiger partial charge is 0.493 e. The number of carbonyl (C=O) groups excluding carboxylic acids is 2. The molecule has 39 heavy (non-hydrogen) atoms. The minimum Gasteiger partial charge on any atom is -0.493 e. The minimum atomic E-state index is -0.421. The van der Waals surface area contributed by atoms with Crippen molar-refractivity contribution in [1.82, 2.24) is 5.43 Å². The Balaban J connectivity index is 1.59. The van der Waals surface area contributed by atoms with Crippen LogP contribution in [0.4, 0.5) is 5.69 Å². The Morgan fingerprint density at radius 3 is 2.46 bits per heavy atom. The monoisotopic (exact) mass is 551 g/mol. The van der Waals surface area contributed by atoms with E-state index >= 15 is 0 Å². The van der Waals surface area contributed by atoms with E-state index in [1.165, 1.54) is 13.3 Å². The molecule has 0 aliphatic carbocycles. The molecule has 0 fully saturated rings. The number of hydrogen-bond acceptors (Lipinski definition) is 7. The second-order valence-corrected chi connectivity index (χ2v) is 8.51. The van der Waals surface area contributed by atoms with Crippen molar-refractivity contribution >= 4 is 35.3 Å². The fraction of sp³-hybridized carbons (Fsp3) is 0.207. The molecule has 0 aromatic heterocycles. The molecule has 0 saturated heterocycles. The maximum absolute atomic E-state index is 12.6. The normalized spacial score (nSPS) is 10.6. The van der Waals surface area contributed by atoms with Crippen LogP contribution in [0, 0.1) is 6.92 Å². The zero-order valence-corrected chi connectivity index (χ0v) is 22.7. The van der Waals surface area contributed by atoms with Crippen LogP contribution in [0.2, 0.25) is 5.02 Å². The van der Waals surface area contributed by atoms with Gasteiger partial charge in [0.05, 0.1) is 19.9 Å². The van der Waals surface area contributed by atoms with Crippen molar-refractivity contribution < 1.29 is 28.5 Å². The summed E-state index contributed by atoms with van der Waals surface area (Å²) in [7, 11) is 1.48. The summed E-state index contributed by atoms with van der Waals surface area (Å²) < 4.78 is 22.1. The molecular weight excluding hydrogens is 522 g/mol. The molecule has 0 radical (unpaired) electrons. The first-order chi connectivity index (χ1) is 18.8. The van der Waals surface area contributed by atoms with Crippen LogP contribution in [0.25, 0.3) is 0 Å². The van der Waals surface area contributed by atoms with E-state index in [2.05, 4.69) is 22.4 Å². The third-order valence-corrected chi connectivity index (χ3v) is 5.65. The second kappa shape index (κ2) is 14.4. The highest BCUT2D eigenvalue weighted by Crippen LogP contribution is 2.29. The van der Waals surface area contributed by atoms with Crippen LogP contribution in [0.5, 0.6) is 23.0 Å². The molecule has 0 heterocycles. The quantitative estimate of drug-likeness (QED) is 0.167. The number of benzene rings is 3. The molecule has 0 saturated carbocycles. The first-order valence-corrected chi connectivity index (χ1v) is 12.4. The molecule has 10 heteroatoms. The summed E-state index contributed by atoms with van der Waals surface area (Å²) in [5, 5.41) is 7.32. The van der Waals surface area contributed by atoms with E-state index in [0.717, 1.165) is 5.56 Å². The van der Waals surface area contributed by atoms with Crippen LogP contribution >= 0.6 is 11.6 Å². The number of anilines is 1. The Morgan fingerprint density at radius 2 is 1.74 bits per heavy atom. The van der Waals surface area contributed by atoms with Crippen molar-refractivity contribution in [3.63, 3.8) is 0 Å². The second-order valence-electron chi connectivity index (χ2n) is 8.10. The summed E-state index contributed by atoms with van der Waals surface area (Å²) in [5.74, 6) is 0.968. The SMILES string of the molecule is C=CCOc1ccc(C(=O)N/N=C/c2ccc(OCC(=O)Nc3ccc(C)c(Cl)c3)c(OC)c2)cc1OCC. The summed E-state index contributed by atoms with van der Waals surface area (Å²) in [6, 6.07) is 15.1. The van der Waals surface area contributed by atoms with Crippen LogP contribution in [0.15, 0.2) is 72.4 Å². The van der Waals surface area contributed by atoms with Crippen LogP contribution in [0.1, 0.15) is 28.4 Å². The summed E-state index contributed by atoms with van der Waals surface area (Å²) in [6.45, 7) is 7.85. The molecule has 3 rings (SSSR count). The molecule has 9 nitrogen and oxygen atoms in total. The average Bonchev–Trinajstić information content (AvgIpc) is 2.93. The van der Waals surface area contributed by atoms with Gasteiger partial charge in [-0.15, -0.1) is 0 Å². The number of rotatable bonds is 13. The van der Waals surface area contributed by atoms with Crippen molar-refractivity contribution in [2.45, 2.75) is 13.8 Å². The Kier molecular flexibility index (Phi) is 10.8. The molecule has 0 unspecified atom stereocenters. The zero-order valence-electron chi connectivity index (χ0n) is 22.0. The van der Waals surface area contributed by atoms with E-state index in [-0.39, 0.29) is 12.5 Å². The van der Waals surface area contributed by atoms with Crippen LogP contribution in [-0.2, 0) is 4.79 Å².